The molecular formula is C20H26ClNO5. The Bertz CT molecular complexity index is 709. The lowest BCUT2D eigenvalue weighted by Gasteiger charge is -2.34. The number of ether oxygens (including phenoxy) is 3. The Morgan fingerprint density at radius 2 is 1.85 bits per heavy atom. The highest BCUT2D eigenvalue weighted by molar-refractivity contribution is 6.32. The van der Waals surface area contributed by atoms with E-state index in [2.05, 4.69) is 13.8 Å². The van der Waals surface area contributed by atoms with E-state index in [9.17, 15) is 9.59 Å². The summed E-state index contributed by atoms with van der Waals surface area (Å²) in [4.78, 5) is 25.9. The van der Waals surface area contributed by atoms with Gasteiger partial charge < -0.3 is 19.1 Å². The average Bonchev–Trinajstić information content (AvgIpc) is 2.62. The number of benzene rings is 1. The highest BCUT2D eigenvalue weighted by atomic mass is 35.5. The number of hydrogen-bond acceptors (Lipinski definition) is 5. The van der Waals surface area contributed by atoms with Gasteiger partial charge in [-0.15, -0.1) is 0 Å². The van der Waals surface area contributed by atoms with Gasteiger partial charge in [0.05, 0.1) is 19.2 Å². The van der Waals surface area contributed by atoms with Crippen LogP contribution in [-0.4, -0.2) is 50.7 Å². The molecule has 0 spiro atoms. The summed E-state index contributed by atoms with van der Waals surface area (Å²) < 4.78 is 15.5. The molecule has 0 aliphatic carbocycles. The molecule has 1 heterocycles. The first-order valence-corrected chi connectivity index (χ1v) is 9.26. The minimum Gasteiger partial charge on any atom is -0.493 e. The van der Waals surface area contributed by atoms with Crippen molar-refractivity contribution in [2.45, 2.75) is 20.3 Å². The predicted octanol–water partition coefficient (Wildman–Crippen LogP) is 3.42. The van der Waals surface area contributed by atoms with Crippen molar-refractivity contribution in [1.82, 2.24) is 4.90 Å². The molecule has 148 valence electrons. The molecule has 7 heteroatoms. The number of amides is 1. The molecule has 0 N–H and O–H groups in total. The molecule has 0 aromatic heterocycles. The van der Waals surface area contributed by atoms with Crippen molar-refractivity contribution < 1.29 is 23.8 Å². The minimum atomic E-state index is -0.590. The molecule has 1 amide bonds. The molecule has 2 atom stereocenters. The molecule has 0 bridgehead atoms. The van der Waals surface area contributed by atoms with E-state index in [-0.39, 0.29) is 12.5 Å². The van der Waals surface area contributed by atoms with Crippen molar-refractivity contribution in [2.24, 2.45) is 11.8 Å². The van der Waals surface area contributed by atoms with Gasteiger partial charge in [0.15, 0.2) is 18.1 Å². The highest BCUT2D eigenvalue weighted by Crippen LogP contribution is 2.36. The molecule has 2 unspecified atom stereocenters. The lowest BCUT2D eigenvalue weighted by molar-refractivity contribution is -0.149. The Balaban J connectivity index is 1.92. The fraction of sp³-hybridized carbons (Fsp3) is 0.500. The van der Waals surface area contributed by atoms with Crippen molar-refractivity contribution in [1.29, 1.82) is 0 Å². The Morgan fingerprint density at radius 1 is 1.19 bits per heavy atom. The summed E-state index contributed by atoms with van der Waals surface area (Å²) in [6, 6.07) is 3.34. The third-order valence-electron chi connectivity index (χ3n) is 4.43. The number of piperidine rings is 1. The van der Waals surface area contributed by atoms with Crippen LogP contribution in [0.5, 0.6) is 11.5 Å². The number of carbonyl (C=O) groups excluding carboxylic acids is 2. The van der Waals surface area contributed by atoms with E-state index in [4.69, 9.17) is 25.8 Å². The Morgan fingerprint density at radius 3 is 2.44 bits per heavy atom. The molecule has 0 radical (unpaired) electrons. The van der Waals surface area contributed by atoms with Gasteiger partial charge in [-0.2, -0.15) is 0 Å². The van der Waals surface area contributed by atoms with Crippen molar-refractivity contribution >= 4 is 29.6 Å². The quantitative estimate of drug-likeness (QED) is 0.545. The molecule has 1 aliphatic heterocycles. The molecule has 1 aliphatic rings. The largest absolute Gasteiger partial charge is 0.493 e. The molecule has 0 saturated carbocycles. The van der Waals surface area contributed by atoms with Crippen LogP contribution in [0.2, 0.25) is 5.02 Å². The second-order valence-electron chi connectivity index (χ2n) is 6.92. The van der Waals surface area contributed by atoms with Gasteiger partial charge in [-0.05, 0) is 42.0 Å². The number of methoxy groups -OCH3 is 2. The second kappa shape index (κ2) is 9.65. The first-order chi connectivity index (χ1) is 12.8. The normalized spacial score (nSPS) is 19.8. The Labute approximate surface area is 165 Å². The monoisotopic (exact) mass is 395 g/mol. The maximum atomic E-state index is 12.2. The zero-order valence-corrected chi connectivity index (χ0v) is 16.9. The van der Waals surface area contributed by atoms with E-state index in [1.165, 1.54) is 20.3 Å². The molecule has 6 nitrogen and oxygen atoms in total. The zero-order valence-electron chi connectivity index (χ0n) is 16.2. The number of halogens is 1. The van der Waals surface area contributed by atoms with Gasteiger partial charge in [0.2, 0.25) is 0 Å². The fourth-order valence-electron chi connectivity index (χ4n) is 3.34. The van der Waals surface area contributed by atoms with Gasteiger partial charge in [-0.3, -0.25) is 4.79 Å². The Kier molecular flexibility index (Phi) is 7.54. The molecule has 1 saturated heterocycles. The first-order valence-electron chi connectivity index (χ1n) is 8.88. The van der Waals surface area contributed by atoms with Crippen LogP contribution in [-0.2, 0) is 14.3 Å². The van der Waals surface area contributed by atoms with Gasteiger partial charge in [-0.1, -0.05) is 25.4 Å². The van der Waals surface area contributed by atoms with E-state index < -0.39 is 5.97 Å². The second-order valence-corrected chi connectivity index (χ2v) is 7.33. The number of nitrogens with zero attached hydrogens (tertiary/aromatic N) is 1. The first kappa shape index (κ1) is 21.1. The van der Waals surface area contributed by atoms with Gasteiger partial charge >= 0.3 is 5.97 Å². The van der Waals surface area contributed by atoms with Crippen LogP contribution in [0.3, 0.4) is 0 Å². The van der Waals surface area contributed by atoms with E-state index >= 15 is 0 Å². The predicted molar refractivity (Wildman–Crippen MR) is 104 cm³/mol. The topological polar surface area (TPSA) is 65.1 Å². The minimum absolute atomic E-state index is 0.163. The lowest BCUT2D eigenvalue weighted by atomic mass is 9.92. The van der Waals surface area contributed by atoms with E-state index in [1.807, 2.05) is 0 Å². The number of esters is 1. The van der Waals surface area contributed by atoms with E-state index in [0.29, 0.717) is 47.0 Å². The third-order valence-corrected chi connectivity index (χ3v) is 4.71. The Hall–Kier alpha value is -2.21. The zero-order chi connectivity index (χ0) is 20.0. The summed E-state index contributed by atoms with van der Waals surface area (Å²) in [6.45, 7) is 5.41. The van der Waals surface area contributed by atoms with Gasteiger partial charge in [-0.25, -0.2) is 4.79 Å². The summed E-state index contributed by atoms with van der Waals surface area (Å²) in [5.74, 6) is 1.05. The molecule has 2 rings (SSSR count). The lowest BCUT2D eigenvalue weighted by Crippen LogP contribution is -2.44. The summed E-state index contributed by atoms with van der Waals surface area (Å²) in [6.07, 6.45) is 3.91. The maximum absolute atomic E-state index is 12.2. The van der Waals surface area contributed by atoms with E-state index in [1.54, 1.807) is 23.1 Å². The average molecular weight is 396 g/mol. The highest BCUT2D eigenvalue weighted by Gasteiger charge is 2.25. The van der Waals surface area contributed by atoms with Crippen LogP contribution in [0.15, 0.2) is 18.2 Å². The van der Waals surface area contributed by atoms with Crippen LogP contribution in [0, 0.1) is 11.8 Å². The van der Waals surface area contributed by atoms with Gasteiger partial charge in [0, 0.05) is 19.2 Å². The number of rotatable bonds is 6. The molecule has 1 aromatic rings. The van der Waals surface area contributed by atoms with Crippen LogP contribution >= 0.6 is 11.6 Å². The molecular weight excluding hydrogens is 370 g/mol. The summed E-state index contributed by atoms with van der Waals surface area (Å²) >= 11 is 6.14. The van der Waals surface area contributed by atoms with Crippen molar-refractivity contribution in [3.63, 3.8) is 0 Å². The number of likely N-dealkylation sites (tertiary alicyclic amines) is 1. The van der Waals surface area contributed by atoms with Crippen LogP contribution < -0.4 is 9.47 Å². The molecule has 1 fully saturated rings. The SMILES string of the molecule is COc1cc(/C=C/C(=O)OCC(=O)N2CC(C)CC(C)C2)cc(Cl)c1OC. The standard InChI is InChI=1S/C20H26ClNO5/c1-13-7-14(2)11-22(10-13)18(23)12-27-19(24)6-5-15-8-16(21)20(26-4)17(9-15)25-3/h5-6,8-9,13-14H,7,10-12H2,1-4H3/b6-5+. The maximum Gasteiger partial charge on any atom is 0.331 e. The molecule has 27 heavy (non-hydrogen) atoms. The van der Waals surface area contributed by atoms with Crippen LogP contribution in [0.1, 0.15) is 25.8 Å². The van der Waals surface area contributed by atoms with Crippen LogP contribution in [0.4, 0.5) is 0 Å². The smallest absolute Gasteiger partial charge is 0.331 e. The van der Waals surface area contributed by atoms with Gasteiger partial charge in [0.1, 0.15) is 0 Å². The molecule has 1 aromatic carbocycles. The van der Waals surface area contributed by atoms with Crippen molar-refractivity contribution in [3.8, 4) is 11.5 Å². The summed E-state index contributed by atoms with van der Waals surface area (Å²) in [5, 5.41) is 0.369. The number of carbonyl (C=O) groups is 2. The van der Waals surface area contributed by atoms with Gasteiger partial charge in [0.25, 0.3) is 5.91 Å². The van der Waals surface area contributed by atoms with E-state index in [0.717, 1.165) is 6.42 Å². The fourth-order valence-corrected chi connectivity index (χ4v) is 3.63. The van der Waals surface area contributed by atoms with Crippen molar-refractivity contribution in [2.75, 3.05) is 33.9 Å². The summed E-state index contributed by atoms with van der Waals surface area (Å²) in [5.41, 5.74) is 0.652. The summed E-state index contributed by atoms with van der Waals surface area (Å²) in [7, 11) is 3.00. The van der Waals surface area contributed by atoms with Crippen LogP contribution in [0.25, 0.3) is 6.08 Å². The van der Waals surface area contributed by atoms with Crippen molar-refractivity contribution in [3.05, 3.63) is 28.8 Å². The third kappa shape index (κ3) is 5.89. The number of hydrogen-bond donors (Lipinski definition) is 0.